The molecule has 0 radical (unpaired) electrons. The molecule has 1 unspecified atom stereocenters. The number of carbonyl (C=O) groups is 2. The Morgan fingerprint density at radius 2 is 1.74 bits per heavy atom. The number of ether oxygens (including phenoxy) is 2. The number of hydrogen-bond donors (Lipinski definition) is 1. The molecule has 1 saturated heterocycles. The molecule has 7 nitrogen and oxygen atoms in total. The van der Waals surface area contributed by atoms with E-state index in [9.17, 15) is 14.7 Å². The van der Waals surface area contributed by atoms with Gasteiger partial charge in [-0.1, -0.05) is 32.9 Å². The summed E-state index contributed by atoms with van der Waals surface area (Å²) in [7, 11) is 3.17. The number of rotatable bonds is 6. The smallest absolute Gasteiger partial charge is 0.296 e. The van der Waals surface area contributed by atoms with Crippen LogP contribution in [0.1, 0.15) is 49.3 Å². The van der Waals surface area contributed by atoms with Crippen molar-refractivity contribution in [2.75, 3.05) is 14.2 Å². The molecule has 1 aliphatic heterocycles. The third-order valence-corrected chi connectivity index (χ3v) is 6.15. The van der Waals surface area contributed by atoms with Crippen molar-refractivity contribution in [3.8, 4) is 11.5 Å². The first kappa shape index (κ1) is 24.1. The van der Waals surface area contributed by atoms with Gasteiger partial charge in [-0.15, -0.1) is 0 Å². The highest BCUT2D eigenvalue weighted by Gasteiger charge is 2.47. The molecular weight excluding hydrogens is 446 g/mol. The van der Waals surface area contributed by atoms with E-state index in [1.54, 1.807) is 56.7 Å². The molecule has 1 aromatic heterocycles. The number of aliphatic hydroxyl groups excluding tert-OH is 1. The second-order valence-electron chi connectivity index (χ2n) is 9.46. The number of Topliss-reactive ketones (excluding diaryl/α,β-unsaturated/α-hetero) is 1. The quantitative estimate of drug-likeness (QED) is 0.299. The number of benzene rings is 2. The standard InChI is InChI=1S/C28H29NO6/c1-28(2,3)20-15-18(10-13-21(20)34-5)25(30)23-24(22-7-6-14-35-22)29(27(32)26(23)31)16-17-8-11-19(33-4)12-9-17/h6-15,24,30H,16H2,1-5H3/b25-23-. The predicted octanol–water partition coefficient (Wildman–Crippen LogP) is 5.22. The van der Waals surface area contributed by atoms with Crippen molar-refractivity contribution in [1.82, 2.24) is 4.90 Å². The molecule has 1 fully saturated rings. The van der Waals surface area contributed by atoms with Gasteiger partial charge in [0, 0.05) is 17.7 Å². The zero-order chi connectivity index (χ0) is 25.3. The predicted molar refractivity (Wildman–Crippen MR) is 131 cm³/mol. The van der Waals surface area contributed by atoms with Crippen LogP contribution < -0.4 is 9.47 Å². The molecular formula is C28H29NO6. The number of nitrogens with zero attached hydrogens (tertiary/aromatic N) is 1. The number of furan rings is 1. The van der Waals surface area contributed by atoms with Crippen LogP contribution >= 0.6 is 0 Å². The number of carbonyl (C=O) groups excluding carboxylic acids is 2. The fraction of sp³-hybridized carbons (Fsp3) is 0.286. The molecule has 2 aromatic carbocycles. The SMILES string of the molecule is COc1ccc(CN2C(=O)C(=O)/C(=C(\O)c3ccc(OC)c(C(C)(C)C)c3)C2c2ccco2)cc1. The fourth-order valence-electron chi connectivity index (χ4n) is 4.31. The van der Waals surface area contributed by atoms with Crippen molar-refractivity contribution >= 4 is 17.4 Å². The minimum Gasteiger partial charge on any atom is -0.507 e. The topological polar surface area (TPSA) is 89.2 Å². The Morgan fingerprint density at radius 1 is 1.03 bits per heavy atom. The monoisotopic (exact) mass is 475 g/mol. The molecule has 182 valence electrons. The van der Waals surface area contributed by atoms with Crippen molar-refractivity contribution in [3.63, 3.8) is 0 Å². The van der Waals surface area contributed by atoms with Crippen molar-refractivity contribution in [2.45, 2.75) is 38.8 Å². The van der Waals surface area contributed by atoms with Gasteiger partial charge < -0.3 is 23.9 Å². The molecule has 1 N–H and O–H groups in total. The Kier molecular flexibility index (Phi) is 6.43. The fourth-order valence-corrected chi connectivity index (χ4v) is 4.31. The lowest BCUT2D eigenvalue weighted by Gasteiger charge is -2.24. The van der Waals surface area contributed by atoms with Crippen LogP contribution in [0.15, 0.2) is 70.9 Å². The van der Waals surface area contributed by atoms with Gasteiger partial charge in [-0.2, -0.15) is 0 Å². The second-order valence-corrected chi connectivity index (χ2v) is 9.46. The van der Waals surface area contributed by atoms with E-state index in [0.717, 1.165) is 11.1 Å². The first-order valence-electron chi connectivity index (χ1n) is 11.3. The summed E-state index contributed by atoms with van der Waals surface area (Å²) in [5.41, 5.74) is 1.82. The van der Waals surface area contributed by atoms with Gasteiger partial charge in [0.25, 0.3) is 11.7 Å². The summed E-state index contributed by atoms with van der Waals surface area (Å²) < 4.78 is 16.3. The lowest BCUT2D eigenvalue weighted by molar-refractivity contribution is -0.140. The van der Waals surface area contributed by atoms with Gasteiger partial charge >= 0.3 is 0 Å². The molecule has 0 spiro atoms. The second kappa shape index (κ2) is 9.33. The normalized spacial score (nSPS) is 17.6. The van der Waals surface area contributed by atoms with Crippen molar-refractivity contribution in [2.24, 2.45) is 0 Å². The van der Waals surface area contributed by atoms with Gasteiger partial charge in [-0.25, -0.2) is 0 Å². The van der Waals surface area contributed by atoms with Crippen molar-refractivity contribution < 1.29 is 28.6 Å². The van der Waals surface area contributed by atoms with Crippen LogP contribution in [0.2, 0.25) is 0 Å². The Hall–Kier alpha value is -4.00. The van der Waals surface area contributed by atoms with Crippen LogP contribution in [0.25, 0.3) is 5.76 Å². The first-order valence-corrected chi connectivity index (χ1v) is 11.3. The summed E-state index contributed by atoms with van der Waals surface area (Å²) in [4.78, 5) is 27.8. The van der Waals surface area contributed by atoms with Crippen LogP contribution in [-0.2, 0) is 21.5 Å². The molecule has 0 aliphatic carbocycles. The molecule has 35 heavy (non-hydrogen) atoms. The number of aliphatic hydroxyl groups is 1. The highest BCUT2D eigenvalue weighted by molar-refractivity contribution is 6.46. The van der Waals surface area contributed by atoms with Crippen molar-refractivity contribution in [1.29, 1.82) is 0 Å². The minimum absolute atomic E-state index is 0.0107. The molecule has 4 rings (SSSR count). The molecule has 2 heterocycles. The maximum atomic E-state index is 13.2. The average Bonchev–Trinajstić information content (AvgIpc) is 3.46. The zero-order valence-corrected chi connectivity index (χ0v) is 20.5. The van der Waals surface area contributed by atoms with Gasteiger partial charge in [0.1, 0.15) is 29.1 Å². The van der Waals surface area contributed by atoms with Gasteiger partial charge in [-0.3, -0.25) is 9.59 Å². The number of ketones is 1. The summed E-state index contributed by atoms with van der Waals surface area (Å²) >= 11 is 0. The van der Waals surface area contributed by atoms with E-state index in [0.29, 0.717) is 22.8 Å². The van der Waals surface area contributed by atoms with Crippen LogP contribution in [0.5, 0.6) is 11.5 Å². The minimum atomic E-state index is -0.868. The van der Waals surface area contributed by atoms with Gasteiger partial charge in [0.05, 0.1) is 26.1 Å². The average molecular weight is 476 g/mol. The van der Waals surface area contributed by atoms with E-state index in [1.165, 1.54) is 11.2 Å². The van der Waals surface area contributed by atoms with Gasteiger partial charge in [0.2, 0.25) is 0 Å². The molecule has 3 aromatic rings. The zero-order valence-electron chi connectivity index (χ0n) is 20.5. The van der Waals surface area contributed by atoms with E-state index in [-0.39, 0.29) is 23.3 Å². The van der Waals surface area contributed by atoms with Gasteiger partial charge in [0.15, 0.2) is 0 Å². The summed E-state index contributed by atoms with van der Waals surface area (Å²) in [5, 5.41) is 11.4. The number of methoxy groups -OCH3 is 2. The Labute approximate surface area is 204 Å². The number of amides is 1. The van der Waals surface area contributed by atoms with Crippen LogP contribution in [-0.4, -0.2) is 35.9 Å². The molecule has 1 amide bonds. The van der Waals surface area contributed by atoms with Crippen LogP contribution in [0, 0.1) is 0 Å². The summed E-state index contributed by atoms with van der Waals surface area (Å²) in [5.74, 6) is 0.0435. The molecule has 1 aliphatic rings. The molecule has 0 saturated carbocycles. The van der Waals surface area contributed by atoms with E-state index >= 15 is 0 Å². The number of likely N-dealkylation sites (tertiary alicyclic amines) is 1. The number of hydrogen-bond acceptors (Lipinski definition) is 6. The first-order chi connectivity index (χ1) is 16.7. The van der Waals surface area contributed by atoms with Gasteiger partial charge in [-0.05, 0) is 53.4 Å². The maximum Gasteiger partial charge on any atom is 0.296 e. The summed E-state index contributed by atoms with van der Waals surface area (Å²) in [6.07, 6.45) is 1.48. The van der Waals surface area contributed by atoms with Crippen molar-refractivity contribution in [3.05, 3.63) is 88.9 Å². The van der Waals surface area contributed by atoms with E-state index in [4.69, 9.17) is 13.9 Å². The third-order valence-electron chi connectivity index (χ3n) is 6.15. The van der Waals surface area contributed by atoms with E-state index in [1.807, 2.05) is 32.9 Å². The van der Waals surface area contributed by atoms with E-state index < -0.39 is 17.7 Å². The largest absolute Gasteiger partial charge is 0.507 e. The lowest BCUT2D eigenvalue weighted by Crippen LogP contribution is -2.29. The Morgan fingerprint density at radius 3 is 2.31 bits per heavy atom. The molecule has 0 bridgehead atoms. The maximum absolute atomic E-state index is 13.2. The lowest BCUT2D eigenvalue weighted by atomic mass is 9.84. The summed E-state index contributed by atoms with van der Waals surface area (Å²) in [6.45, 7) is 6.26. The Bertz CT molecular complexity index is 1270. The van der Waals surface area contributed by atoms with E-state index in [2.05, 4.69) is 0 Å². The highest BCUT2D eigenvalue weighted by atomic mass is 16.5. The summed E-state index contributed by atoms with van der Waals surface area (Å²) in [6, 6.07) is 15.0. The van der Waals surface area contributed by atoms with Crippen LogP contribution in [0.4, 0.5) is 0 Å². The molecule has 7 heteroatoms. The highest BCUT2D eigenvalue weighted by Crippen LogP contribution is 2.41. The molecule has 1 atom stereocenters. The third kappa shape index (κ3) is 4.54. The Balaban J connectivity index is 1.82. The van der Waals surface area contributed by atoms with Crippen LogP contribution in [0.3, 0.4) is 0 Å².